The van der Waals surface area contributed by atoms with E-state index in [0.717, 1.165) is 37.4 Å². The second-order valence-electron chi connectivity index (χ2n) is 4.58. The third kappa shape index (κ3) is 3.00. The number of hydrogen-bond donors (Lipinski definition) is 1. The molecule has 1 unspecified atom stereocenters. The van der Waals surface area contributed by atoms with Gasteiger partial charge in [-0.1, -0.05) is 0 Å². The molecule has 1 aromatic heterocycles. The minimum Gasteiger partial charge on any atom is -0.396 e. The minimum atomic E-state index is 0.302. The first-order valence-corrected chi connectivity index (χ1v) is 5.88. The highest BCUT2D eigenvalue weighted by atomic mass is 16.3. The Bertz CT molecular complexity index is 326. The molecule has 0 radical (unpaired) electrons. The Balaban J connectivity index is 1.91. The summed E-state index contributed by atoms with van der Waals surface area (Å²) in [6.07, 6.45) is 5.97. The second kappa shape index (κ2) is 5.37. The van der Waals surface area contributed by atoms with E-state index in [0.29, 0.717) is 12.5 Å². The number of piperidine rings is 1. The Morgan fingerprint density at radius 3 is 3.00 bits per heavy atom. The van der Waals surface area contributed by atoms with E-state index >= 15 is 0 Å². The van der Waals surface area contributed by atoms with Gasteiger partial charge < -0.3 is 5.11 Å². The quantitative estimate of drug-likeness (QED) is 0.827. The van der Waals surface area contributed by atoms with Crippen LogP contribution in [0.3, 0.4) is 0 Å². The minimum absolute atomic E-state index is 0.302. The molecule has 0 bridgehead atoms. The number of aromatic nitrogens is 2. The Morgan fingerprint density at radius 1 is 1.44 bits per heavy atom. The number of aliphatic hydroxyl groups excluding tert-OH is 1. The van der Waals surface area contributed by atoms with Crippen molar-refractivity contribution >= 4 is 0 Å². The Labute approximate surface area is 96.3 Å². The van der Waals surface area contributed by atoms with Crippen molar-refractivity contribution < 1.29 is 5.11 Å². The predicted molar refractivity (Wildman–Crippen MR) is 61.9 cm³/mol. The summed E-state index contributed by atoms with van der Waals surface area (Å²) in [5, 5.41) is 9.16. The molecule has 1 saturated heterocycles. The molecule has 1 aliphatic heterocycles. The van der Waals surface area contributed by atoms with Crippen LogP contribution < -0.4 is 0 Å². The van der Waals surface area contributed by atoms with Gasteiger partial charge in [-0.2, -0.15) is 0 Å². The lowest BCUT2D eigenvalue weighted by molar-refractivity contribution is 0.115. The van der Waals surface area contributed by atoms with Crippen molar-refractivity contribution in [3.05, 3.63) is 23.8 Å². The molecule has 1 aliphatic rings. The third-order valence-electron chi connectivity index (χ3n) is 3.08. The molecule has 4 nitrogen and oxygen atoms in total. The Kier molecular flexibility index (Phi) is 3.85. The Hall–Kier alpha value is -1.00. The molecular formula is C12H19N3O. The maximum atomic E-state index is 9.16. The first kappa shape index (κ1) is 11.5. The van der Waals surface area contributed by atoms with Crippen LogP contribution >= 0.6 is 0 Å². The zero-order chi connectivity index (χ0) is 11.4. The SMILES string of the molecule is Cc1cnc(CN2CCCC(CO)C2)cn1. The van der Waals surface area contributed by atoms with Gasteiger partial charge in [-0.15, -0.1) is 0 Å². The maximum absolute atomic E-state index is 9.16. The molecule has 0 aromatic carbocycles. The summed E-state index contributed by atoms with van der Waals surface area (Å²) in [5.74, 6) is 0.437. The largest absolute Gasteiger partial charge is 0.396 e. The molecule has 0 saturated carbocycles. The van der Waals surface area contributed by atoms with E-state index in [1.165, 1.54) is 6.42 Å². The van der Waals surface area contributed by atoms with Crippen molar-refractivity contribution in [3.8, 4) is 0 Å². The van der Waals surface area contributed by atoms with Gasteiger partial charge in [-0.3, -0.25) is 14.9 Å². The lowest BCUT2D eigenvalue weighted by atomic mass is 9.99. The van der Waals surface area contributed by atoms with Crippen LogP contribution in [0, 0.1) is 12.8 Å². The predicted octanol–water partition coefficient (Wildman–Crippen LogP) is 0.989. The second-order valence-corrected chi connectivity index (χ2v) is 4.58. The van der Waals surface area contributed by atoms with Crippen LogP contribution in [0.25, 0.3) is 0 Å². The zero-order valence-corrected chi connectivity index (χ0v) is 9.76. The molecule has 0 amide bonds. The average Bonchev–Trinajstić information content (AvgIpc) is 2.32. The van der Waals surface area contributed by atoms with Crippen LogP contribution in [-0.2, 0) is 6.54 Å². The van der Waals surface area contributed by atoms with Gasteiger partial charge in [0.15, 0.2) is 0 Å². The topological polar surface area (TPSA) is 49.2 Å². The number of likely N-dealkylation sites (tertiary alicyclic amines) is 1. The van der Waals surface area contributed by atoms with Gasteiger partial charge in [0.25, 0.3) is 0 Å². The fourth-order valence-corrected chi connectivity index (χ4v) is 2.17. The van der Waals surface area contributed by atoms with E-state index in [1.54, 1.807) is 0 Å². The third-order valence-corrected chi connectivity index (χ3v) is 3.08. The molecule has 88 valence electrons. The summed E-state index contributed by atoms with van der Waals surface area (Å²) < 4.78 is 0. The van der Waals surface area contributed by atoms with Crippen LogP contribution in [0.4, 0.5) is 0 Å². The van der Waals surface area contributed by atoms with Gasteiger partial charge in [0.2, 0.25) is 0 Å². The molecule has 1 atom stereocenters. The lowest BCUT2D eigenvalue weighted by Gasteiger charge is -2.31. The first-order valence-electron chi connectivity index (χ1n) is 5.88. The summed E-state index contributed by atoms with van der Waals surface area (Å²) in [4.78, 5) is 11.0. The summed E-state index contributed by atoms with van der Waals surface area (Å²) in [7, 11) is 0. The Morgan fingerprint density at radius 2 is 2.31 bits per heavy atom. The molecule has 16 heavy (non-hydrogen) atoms. The van der Waals surface area contributed by atoms with Crippen LogP contribution in [-0.4, -0.2) is 39.7 Å². The highest BCUT2D eigenvalue weighted by molar-refractivity contribution is 5.00. The van der Waals surface area contributed by atoms with E-state index in [-0.39, 0.29) is 0 Å². The van der Waals surface area contributed by atoms with Crippen molar-refractivity contribution in [2.24, 2.45) is 5.92 Å². The van der Waals surface area contributed by atoms with E-state index in [2.05, 4.69) is 14.9 Å². The van der Waals surface area contributed by atoms with E-state index in [9.17, 15) is 0 Å². The molecule has 1 N–H and O–H groups in total. The zero-order valence-electron chi connectivity index (χ0n) is 9.76. The van der Waals surface area contributed by atoms with Crippen LogP contribution in [0.1, 0.15) is 24.2 Å². The van der Waals surface area contributed by atoms with Gasteiger partial charge in [0.1, 0.15) is 0 Å². The summed E-state index contributed by atoms with van der Waals surface area (Å²) >= 11 is 0. The highest BCUT2D eigenvalue weighted by Gasteiger charge is 2.19. The van der Waals surface area contributed by atoms with Gasteiger partial charge in [0, 0.05) is 32.1 Å². The molecule has 1 fully saturated rings. The molecule has 2 rings (SSSR count). The number of rotatable bonds is 3. The van der Waals surface area contributed by atoms with Gasteiger partial charge >= 0.3 is 0 Å². The van der Waals surface area contributed by atoms with E-state index in [1.807, 2.05) is 19.3 Å². The van der Waals surface area contributed by atoms with E-state index in [4.69, 9.17) is 5.11 Å². The van der Waals surface area contributed by atoms with Gasteiger partial charge in [-0.25, -0.2) is 0 Å². The number of aliphatic hydroxyl groups is 1. The van der Waals surface area contributed by atoms with Gasteiger partial charge in [0.05, 0.1) is 11.4 Å². The first-order chi connectivity index (χ1) is 7.78. The maximum Gasteiger partial charge on any atom is 0.0727 e. The van der Waals surface area contributed by atoms with Crippen LogP contribution in [0.2, 0.25) is 0 Å². The molecule has 4 heteroatoms. The van der Waals surface area contributed by atoms with Crippen molar-refractivity contribution in [3.63, 3.8) is 0 Å². The number of aryl methyl sites for hydroxylation is 1. The fraction of sp³-hybridized carbons (Fsp3) is 0.667. The smallest absolute Gasteiger partial charge is 0.0727 e. The summed E-state index contributed by atoms with van der Waals surface area (Å²) in [5.41, 5.74) is 1.97. The molecule has 2 heterocycles. The normalized spacial score (nSPS) is 22.2. The summed E-state index contributed by atoms with van der Waals surface area (Å²) in [6, 6.07) is 0. The molecule has 0 aliphatic carbocycles. The van der Waals surface area contributed by atoms with Crippen molar-refractivity contribution in [2.75, 3.05) is 19.7 Å². The highest BCUT2D eigenvalue weighted by Crippen LogP contribution is 2.17. The van der Waals surface area contributed by atoms with Crippen LogP contribution in [0.5, 0.6) is 0 Å². The standard InChI is InChI=1S/C12H19N3O/c1-10-5-14-12(6-13-10)8-15-4-2-3-11(7-15)9-16/h5-6,11,16H,2-4,7-9H2,1H3. The molecule has 0 spiro atoms. The number of hydrogen-bond acceptors (Lipinski definition) is 4. The lowest BCUT2D eigenvalue weighted by Crippen LogP contribution is -2.36. The average molecular weight is 221 g/mol. The molecular weight excluding hydrogens is 202 g/mol. The van der Waals surface area contributed by atoms with Crippen LogP contribution in [0.15, 0.2) is 12.4 Å². The van der Waals surface area contributed by atoms with Gasteiger partial charge in [-0.05, 0) is 32.2 Å². The summed E-state index contributed by atoms with van der Waals surface area (Å²) in [6.45, 7) is 5.18. The number of nitrogens with zero attached hydrogens (tertiary/aromatic N) is 3. The van der Waals surface area contributed by atoms with E-state index < -0.39 is 0 Å². The fourth-order valence-electron chi connectivity index (χ4n) is 2.17. The van der Waals surface area contributed by atoms with Crippen molar-refractivity contribution in [2.45, 2.75) is 26.3 Å². The molecule has 1 aromatic rings. The monoisotopic (exact) mass is 221 g/mol. The van der Waals surface area contributed by atoms with Crippen molar-refractivity contribution in [1.29, 1.82) is 0 Å². The van der Waals surface area contributed by atoms with Crippen molar-refractivity contribution in [1.82, 2.24) is 14.9 Å².